The van der Waals surface area contributed by atoms with Crippen LogP contribution in [0.15, 0.2) is 36.8 Å². The van der Waals surface area contributed by atoms with Crippen LogP contribution < -0.4 is 5.32 Å². The van der Waals surface area contributed by atoms with E-state index in [-0.39, 0.29) is 11.9 Å². The molecule has 1 saturated heterocycles. The maximum atomic E-state index is 12.9. The summed E-state index contributed by atoms with van der Waals surface area (Å²) in [7, 11) is 0. The molecule has 1 amide bonds. The van der Waals surface area contributed by atoms with Gasteiger partial charge in [-0.1, -0.05) is 6.92 Å². The number of anilines is 1. The first kappa shape index (κ1) is 17.5. The van der Waals surface area contributed by atoms with Crippen LogP contribution in [0.2, 0.25) is 0 Å². The first-order chi connectivity index (χ1) is 12.3. The highest BCUT2D eigenvalue weighted by Crippen LogP contribution is 2.22. The quantitative estimate of drug-likeness (QED) is 0.840. The van der Waals surface area contributed by atoms with Gasteiger partial charge in [-0.15, -0.1) is 0 Å². The highest BCUT2D eigenvalue weighted by atomic mass is 16.2. The van der Waals surface area contributed by atoms with Gasteiger partial charge in [0.1, 0.15) is 5.82 Å². The maximum Gasteiger partial charge on any atom is 0.255 e. The van der Waals surface area contributed by atoms with Gasteiger partial charge in [0.2, 0.25) is 0 Å². The topological polar surface area (TPSA) is 63.1 Å². The van der Waals surface area contributed by atoms with E-state index in [1.165, 1.54) is 6.42 Å². The fraction of sp³-hybridized carbons (Fsp3) is 0.526. The summed E-state index contributed by atoms with van der Waals surface area (Å²) in [4.78, 5) is 19.3. The molecule has 1 unspecified atom stereocenters. The lowest BCUT2D eigenvalue weighted by atomic mass is 9.98. The van der Waals surface area contributed by atoms with E-state index < -0.39 is 0 Å². The Hall–Kier alpha value is -2.37. The van der Waals surface area contributed by atoms with Crippen LogP contribution in [-0.2, 0) is 6.54 Å². The van der Waals surface area contributed by atoms with Crippen LogP contribution in [0.25, 0.3) is 0 Å². The number of rotatable bonds is 7. The van der Waals surface area contributed by atoms with Crippen LogP contribution in [0.4, 0.5) is 5.82 Å². The molecule has 25 heavy (non-hydrogen) atoms. The zero-order valence-electron chi connectivity index (χ0n) is 14.9. The number of piperidine rings is 1. The summed E-state index contributed by atoms with van der Waals surface area (Å²) in [5, 5.41) is 7.50. The van der Waals surface area contributed by atoms with Gasteiger partial charge >= 0.3 is 0 Å². The van der Waals surface area contributed by atoms with Crippen molar-refractivity contribution in [3.05, 3.63) is 42.4 Å². The standard InChI is InChI=1S/C19H27N5O/c1-2-10-20-18-8-7-16(15-21-18)19(25)24-13-4-3-6-17(24)9-14-23-12-5-11-22-23/h5,7-8,11-12,15,17H,2-4,6,9-10,13-14H2,1H3,(H,20,21). The number of likely N-dealkylation sites (tertiary alicyclic amines) is 1. The molecule has 1 aliphatic heterocycles. The Kier molecular flexibility index (Phi) is 6.04. The third-order valence-electron chi connectivity index (χ3n) is 4.71. The minimum Gasteiger partial charge on any atom is -0.370 e. The Balaban J connectivity index is 1.63. The number of aryl methyl sites for hydroxylation is 1. The summed E-state index contributed by atoms with van der Waals surface area (Å²) in [6.45, 7) is 4.69. The number of amides is 1. The lowest BCUT2D eigenvalue weighted by Crippen LogP contribution is -2.44. The zero-order valence-corrected chi connectivity index (χ0v) is 14.9. The fourth-order valence-electron chi connectivity index (χ4n) is 3.33. The van der Waals surface area contributed by atoms with E-state index in [1.807, 2.05) is 34.0 Å². The van der Waals surface area contributed by atoms with Crippen LogP contribution in [0.1, 0.15) is 49.4 Å². The van der Waals surface area contributed by atoms with Crippen LogP contribution in [-0.4, -0.2) is 44.7 Å². The normalized spacial score (nSPS) is 17.5. The minimum absolute atomic E-state index is 0.0970. The summed E-state index contributed by atoms with van der Waals surface area (Å²) in [6.07, 6.45) is 10.8. The Morgan fingerprint density at radius 2 is 2.28 bits per heavy atom. The molecule has 0 spiro atoms. The second-order valence-corrected chi connectivity index (χ2v) is 6.56. The summed E-state index contributed by atoms with van der Waals surface area (Å²) < 4.78 is 1.94. The molecule has 1 N–H and O–H groups in total. The van der Waals surface area contributed by atoms with Gasteiger partial charge in [0.05, 0.1) is 5.56 Å². The monoisotopic (exact) mass is 341 g/mol. The highest BCUT2D eigenvalue weighted by Gasteiger charge is 2.27. The van der Waals surface area contributed by atoms with Gasteiger partial charge < -0.3 is 10.2 Å². The van der Waals surface area contributed by atoms with Crippen molar-refractivity contribution in [3.8, 4) is 0 Å². The van der Waals surface area contributed by atoms with Gasteiger partial charge in [-0.05, 0) is 50.3 Å². The lowest BCUT2D eigenvalue weighted by Gasteiger charge is -2.36. The lowest BCUT2D eigenvalue weighted by molar-refractivity contribution is 0.0593. The van der Waals surface area contributed by atoms with Crippen LogP contribution in [0.5, 0.6) is 0 Å². The van der Waals surface area contributed by atoms with Crippen LogP contribution in [0.3, 0.4) is 0 Å². The summed E-state index contributed by atoms with van der Waals surface area (Å²) >= 11 is 0. The Morgan fingerprint density at radius 3 is 3.00 bits per heavy atom. The molecule has 0 radical (unpaired) electrons. The first-order valence-electron chi connectivity index (χ1n) is 9.26. The molecule has 134 valence electrons. The molecular formula is C19H27N5O. The van der Waals surface area contributed by atoms with E-state index in [9.17, 15) is 4.79 Å². The molecule has 2 aromatic rings. The van der Waals surface area contributed by atoms with Crippen molar-refractivity contribution in [2.75, 3.05) is 18.4 Å². The van der Waals surface area contributed by atoms with E-state index >= 15 is 0 Å². The Bertz CT molecular complexity index is 653. The van der Waals surface area contributed by atoms with Gasteiger partial charge in [0.25, 0.3) is 5.91 Å². The summed E-state index contributed by atoms with van der Waals surface area (Å²) in [5.41, 5.74) is 0.674. The SMILES string of the molecule is CCCNc1ccc(C(=O)N2CCCCC2CCn2cccn2)cn1. The number of carbonyl (C=O) groups is 1. The smallest absolute Gasteiger partial charge is 0.255 e. The van der Waals surface area contributed by atoms with Crippen molar-refractivity contribution < 1.29 is 4.79 Å². The van der Waals surface area contributed by atoms with Crippen molar-refractivity contribution in [2.24, 2.45) is 0 Å². The van der Waals surface area contributed by atoms with Gasteiger partial charge in [-0.2, -0.15) is 5.10 Å². The summed E-state index contributed by atoms with van der Waals surface area (Å²) in [5.74, 6) is 0.923. The van der Waals surface area contributed by atoms with Crippen molar-refractivity contribution >= 4 is 11.7 Å². The van der Waals surface area contributed by atoms with Crippen molar-refractivity contribution in [1.29, 1.82) is 0 Å². The van der Waals surface area contributed by atoms with Gasteiger partial charge in [0.15, 0.2) is 0 Å². The molecular weight excluding hydrogens is 314 g/mol. The minimum atomic E-state index is 0.0970. The second-order valence-electron chi connectivity index (χ2n) is 6.56. The molecule has 0 bridgehead atoms. The maximum absolute atomic E-state index is 12.9. The van der Waals surface area contributed by atoms with Crippen LogP contribution in [0, 0.1) is 0 Å². The molecule has 0 aliphatic carbocycles. The molecule has 0 aromatic carbocycles. The third kappa shape index (κ3) is 4.59. The molecule has 0 saturated carbocycles. The fourth-order valence-corrected chi connectivity index (χ4v) is 3.33. The zero-order chi connectivity index (χ0) is 17.5. The molecule has 3 rings (SSSR count). The van der Waals surface area contributed by atoms with E-state index in [2.05, 4.69) is 22.3 Å². The molecule has 6 heteroatoms. The van der Waals surface area contributed by atoms with Gasteiger partial charge in [0, 0.05) is 44.3 Å². The number of hydrogen-bond donors (Lipinski definition) is 1. The number of pyridine rings is 1. The molecule has 1 aliphatic rings. The van der Waals surface area contributed by atoms with Crippen LogP contribution >= 0.6 is 0 Å². The molecule has 6 nitrogen and oxygen atoms in total. The molecule has 1 atom stereocenters. The van der Waals surface area contributed by atoms with Crippen molar-refractivity contribution in [2.45, 2.75) is 51.6 Å². The number of hydrogen-bond acceptors (Lipinski definition) is 4. The predicted octanol–water partition coefficient (Wildman–Crippen LogP) is 3.19. The average molecular weight is 341 g/mol. The Morgan fingerprint density at radius 1 is 1.36 bits per heavy atom. The van der Waals surface area contributed by atoms with E-state index in [0.29, 0.717) is 5.56 Å². The van der Waals surface area contributed by atoms with Crippen molar-refractivity contribution in [3.63, 3.8) is 0 Å². The highest BCUT2D eigenvalue weighted by molar-refractivity contribution is 5.94. The third-order valence-corrected chi connectivity index (χ3v) is 4.71. The second kappa shape index (κ2) is 8.65. The largest absolute Gasteiger partial charge is 0.370 e. The first-order valence-corrected chi connectivity index (χ1v) is 9.26. The number of nitrogens with zero attached hydrogens (tertiary/aromatic N) is 4. The van der Waals surface area contributed by atoms with E-state index in [1.54, 1.807) is 12.4 Å². The Labute approximate surface area is 149 Å². The van der Waals surface area contributed by atoms with Gasteiger partial charge in [-0.3, -0.25) is 9.48 Å². The number of carbonyl (C=O) groups excluding carboxylic acids is 1. The average Bonchev–Trinajstić information content (AvgIpc) is 3.18. The number of nitrogens with one attached hydrogen (secondary N) is 1. The number of aromatic nitrogens is 3. The summed E-state index contributed by atoms with van der Waals surface area (Å²) in [6, 6.07) is 5.99. The predicted molar refractivity (Wildman–Crippen MR) is 98.5 cm³/mol. The molecule has 3 heterocycles. The molecule has 2 aromatic heterocycles. The van der Waals surface area contributed by atoms with Crippen molar-refractivity contribution in [1.82, 2.24) is 19.7 Å². The van der Waals surface area contributed by atoms with E-state index in [4.69, 9.17) is 0 Å². The van der Waals surface area contributed by atoms with Gasteiger partial charge in [-0.25, -0.2) is 4.98 Å². The van der Waals surface area contributed by atoms with E-state index in [0.717, 1.165) is 51.1 Å². The molecule has 1 fully saturated rings.